The molecule has 0 unspecified atom stereocenters. The van der Waals surface area contributed by atoms with Crippen molar-refractivity contribution < 1.29 is 13.6 Å². The van der Waals surface area contributed by atoms with Crippen LogP contribution in [0, 0.1) is 24.5 Å². The smallest absolute Gasteiger partial charge is 0.253 e. The van der Waals surface area contributed by atoms with E-state index in [9.17, 15) is 13.6 Å². The molecule has 3 rings (SSSR count). The zero-order chi connectivity index (χ0) is 19.4. The number of hydrogen-bond acceptors (Lipinski definition) is 2. The summed E-state index contributed by atoms with van der Waals surface area (Å²) in [5, 5.41) is 3.35. The summed E-state index contributed by atoms with van der Waals surface area (Å²) in [6, 6.07) is 8.84. The quantitative estimate of drug-likeness (QED) is 0.844. The van der Waals surface area contributed by atoms with Gasteiger partial charge < -0.3 is 10.2 Å². The van der Waals surface area contributed by atoms with Crippen LogP contribution in [0.2, 0.25) is 0 Å². The molecule has 0 aliphatic carbocycles. The number of halogens is 2. The summed E-state index contributed by atoms with van der Waals surface area (Å²) in [5.41, 5.74) is 2.04. The van der Waals surface area contributed by atoms with Gasteiger partial charge in [0, 0.05) is 24.2 Å². The second-order valence-corrected chi connectivity index (χ2v) is 7.20. The standard InChI is InChI=1S/C22H26F2N2O/c1-3-25-14-16-8-10-26(11-9-16)22(27)17-4-6-20(21(24)13-17)19-7-5-18(23)12-15(19)2/h4-7,12-13,16,25H,3,8-11,14H2,1-2H3. The molecule has 1 amide bonds. The lowest BCUT2D eigenvalue weighted by atomic mass is 9.95. The van der Waals surface area contributed by atoms with Crippen molar-refractivity contribution in [1.82, 2.24) is 10.2 Å². The first-order valence-corrected chi connectivity index (χ1v) is 9.55. The normalized spacial score (nSPS) is 15.2. The Kier molecular flexibility index (Phi) is 6.22. The molecule has 0 radical (unpaired) electrons. The van der Waals surface area contributed by atoms with Crippen LogP contribution < -0.4 is 5.32 Å². The van der Waals surface area contributed by atoms with Gasteiger partial charge in [-0.1, -0.05) is 19.1 Å². The molecule has 144 valence electrons. The number of hydrogen-bond donors (Lipinski definition) is 1. The second kappa shape index (κ2) is 8.61. The average molecular weight is 372 g/mol. The number of carbonyl (C=O) groups is 1. The monoisotopic (exact) mass is 372 g/mol. The highest BCUT2D eigenvalue weighted by molar-refractivity contribution is 5.95. The molecule has 0 bridgehead atoms. The van der Waals surface area contributed by atoms with Gasteiger partial charge in [0.15, 0.2) is 0 Å². The molecule has 1 heterocycles. The molecule has 3 nitrogen and oxygen atoms in total. The summed E-state index contributed by atoms with van der Waals surface area (Å²) in [7, 11) is 0. The number of carbonyl (C=O) groups excluding carboxylic acids is 1. The molecule has 5 heteroatoms. The van der Waals surface area contributed by atoms with Gasteiger partial charge in [0.25, 0.3) is 5.91 Å². The highest BCUT2D eigenvalue weighted by Crippen LogP contribution is 2.28. The number of nitrogens with zero attached hydrogens (tertiary/aromatic N) is 1. The molecule has 1 aliphatic rings. The predicted molar refractivity (Wildman–Crippen MR) is 104 cm³/mol. The number of likely N-dealkylation sites (tertiary alicyclic amines) is 1. The SMILES string of the molecule is CCNCC1CCN(C(=O)c2ccc(-c3ccc(F)cc3C)c(F)c2)CC1. The minimum Gasteiger partial charge on any atom is -0.339 e. The average Bonchev–Trinajstić information content (AvgIpc) is 2.67. The van der Waals surface area contributed by atoms with E-state index < -0.39 is 5.82 Å². The minimum absolute atomic E-state index is 0.127. The Morgan fingerprint density at radius 1 is 1.11 bits per heavy atom. The van der Waals surface area contributed by atoms with Crippen molar-refractivity contribution in [2.24, 2.45) is 5.92 Å². The van der Waals surface area contributed by atoms with Gasteiger partial charge in [0.05, 0.1) is 0 Å². The van der Waals surface area contributed by atoms with E-state index in [0.29, 0.717) is 41.3 Å². The number of benzene rings is 2. The maximum Gasteiger partial charge on any atom is 0.253 e. The zero-order valence-corrected chi connectivity index (χ0v) is 15.9. The molecule has 2 aromatic carbocycles. The fraction of sp³-hybridized carbons (Fsp3) is 0.409. The Balaban J connectivity index is 1.71. The van der Waals surface area contributed by atoms with Crippen molar-refractivity contribution in [2.45, 2.75) is 26.7 Å². The van der Waals surface area contributed by atoms with Crippen molar-refractivity contribution in [3.63, 3.8) is 0 Å². The summed E-state index contributed by atoms with van der Waals surface area (Å²) >= 11 is 0. The molecule has 0 atom stereocenters. The van der Waals surface area contributed by atoms with E-state index in [1.165, 1.54) is 18.2 Å². The summed E-state index contributed by atoms with van der Waals surface area (Å²) in [6.45, 7) is 7.18. The van der Waals surface area contributed by atoms with Crippen molar-refractivity contribution in [3.05, 3.63) is 59.2 Å². The largest absolute Gasteiger partial charge is 0.339 e. The minimum atomic E-state index is -0.461. The lowest BCUT2D eigenvalue weighted by Gasteiger charge is -2.32. The van der Waals surface area contributed by atoms with Crippen LogP contribution in [0.1, 0.15) is 35.7 Å². The first-order valence-electron chi connectivity index (χ1n) is 9.55. The summed E-state index contributed by atoms with van der Waals surface area (Å²) in [4.78, 5) is 14.5. The Morgan fingerprint density at radius 3 is 2.44 bits per heavy atom. The van der Waals surface area contributed by atoms with E-state index in [2.05, 4.69) is 12.2 Å². The Hall–Kier alpha value is -2.27. The molecule has 1 N–H and O–H groups in total. The molecule has 0 spiro atoms. The molecule has 1 aliphatic heterocycles. The molecular formula is C22H26F2N2O. The summed E-state index contributed by atoms with van der Waals surface area (Å²) in [6.07, 6.45) is 1.93. The molecule has 2 aromatic rings. The van der Waals surface area contributed by atoms with Crippen LogP contribution >= 0.6 is 0 Å². The Labute approximate surface area is 159 Å². The number of nitrogens with one attached hydrogen (secondary N) is 1. The second-order valence-electron chi connectivity index (χ2n) is 7.20. The van der Waals surface area contributed by atoms with Gasteiger partial charge in [0.2, 0.25) is 0 Å². The number of rotatable bonds is 5. The highest BCUT2D eigenvalue weighted by atomic mass is 19.1. The maximum absolute atomic E-state index is 14.7. The van der Waals surface area contributed by atoms with E-state index in [4.69, 9.17) is 0 Å². The molecule has 0 aromatic heterocycles. The van der Waals surface area contributed by atoms with E-state index >= 15 is 0 Å². The van der Waals surface area contributed by atoms with Crippen LogP contribution in [-0.4, -0.2) is 37.0 Å². The lowest BCUT2D eigenvalue weighted by molar-refractivity contribution is 0.0690. The van der Waals surface area contributed by atoms with Gasteiger partial charge in [-0.15, -0.1) is 0 Å². The number of aryl methyl sites for hydroxylation is 1. The topological polar surface area (TPSA) is 32.3 Å². The molecule has 27 heavy (non-hydrogen) atoms. The number of amides is 1. The fourth-order valence-electron chi connectivity index (χ4n) is 3.67. The lowest BCUT2D eigenvalue weighted by Crippen LogP contribution is -2.40. The van der Waals surface area contributed by atoms with Crippen LogP contribution in [0.15, 0.2) is 36.4 Å². The van der Waals surface area contributed by atoms with Crippen LogP contribution in [0.3, 0.4) is 0 Å². The van der Waals surface area contributed by atoms with Gasteiger partial charge in [-0.2, -0.15) is 0 Å². The van der Waals surface area contributed by atoms with Crippen molar-refractivity contribution in [3.8, 4) is 11.1 Å². The molecule has 1 fully saturated rings. The predicted octanol–water partition coefficient (Wildman–Crippen LogP) is 4.40. The van der Waals surface area contributed by atoms with Crippen LogP contribution in [-0.2, 0) is 0 Å². The number of piperidine rings is 1. The Morgan fingerprint density at radius 2 is 1.81 bits per heavy atom. The van der Waals surface area contributed by atoms with Gasteiger partial charge >= 0.3 is 0 Å². The zero-order valence-electron chi connectivity index (χ0n) is 15.9. The van der Waals surface area contributed by atoms with Crippen LogP contribution in [0.4, 0.5) is 8.78 Å². The molecule has 0 saturated carbocycles. The maximum atomic E-state index is 14.7. The van der Waals surface area contributed by atoms with E-state index in [-0.39, 0.29) is 11.7 Å². The van der Waals surface area contributed by atoms with Crippen molar-refractivity contribution >= 4 is 5.91 Å². The van der Waals surface area contributed by atoms with Crippen LogP contribution in [0.5, 0.6) is 0 Å². The first kappa shape index (κ1) is 19.5. The van der Waals surface area contributed by atoms with Gasteiger partial charge in [-0.25, -0.2) is 8.78 Å². The van der Waals surface area contributed by atoms with E-state index in [1.807, 2.05) is 0 Å². The first-order chi connectivity index (χ1) is 13.0. The van der Waals surface area contributed by atoms with Gasteiger partial charge in [-0.3, -0.25) is 4.79 Å². The fourth-order valence-corrected chi connectivity index (χ4v) is 3.67. The highest BCUT2D eigenvalue weighted by Gasteiger charge is 2.24. The van der Waals surface area contributed by atoms with E-state index in [0.717, 1.165) is 25.9 Å². The summed E-state index contributed by atoms with van der Waals surface area (Å²) in [5.74, 6) is -0.341. The van der Waals surface area contributed by atoms with Crippen molar-refractivity contribution in [1.29, 1.82) is 0 Å². The van der Waals surface area contributed by atoms with Crippen molar-refractivity contribution in [2.75, 3.05) is 26.2 Å². The third-order valence-corrected chi connectivity index (χ3v) is 5.28. The molecule has 1 saturated heterocycles. The third kappa shape index (κ3) is 4.53. The van der Waals surface area contributed by atoms with Crippen LogP contribution in [0.25, 0.3) is 11.1 Å². The summed E-state index contributed by atoms with van der Waals surface area (Å²) < 4.78 is 28.0. The third-order valence-electron chi connectivity index (χ3n) is 5.28. The van der Waals surface area contributed by atoms with Gasteiger partial charge in [-0.05, 0) is 74.2 Å². The van der Waals surface area contributed by atoms with E-state index in [1.54, 1.807) is 30.0 Å². The molecular weight excluding hydrogens is 346 g/mol. The van der Waals surface area contributed by atoms with Gasteiger partial charge in [0.1, 0.15) is 11.6 Å². The Bertz CT molecular complexity index is 814.